The lowest BCUT2D eigenvalue weighted by molar-refractivity contribution is -0.388. The molecule has 1 aliphatic heterocycles. The van der Waals surface area contributed by atoms with Crippen LogP contribution in [0.2, 0.25) is 0 Å². The minimum Gasteiger partial charge on any atom is -0.326 e. The molecule has 0 spiro atoms. The van der Waals surface area contributed by atoms with Crippen LogP contribution >= 0.6 is 0 Å². The van der Waals surface area contributed by atoms with Crippen LogP contribution in [0.3, 0.4) is 0 Å². The van der Waals surface area contributed by atoms with Gasteiger partial charge in [-0.25, -0.2) is 8.42 Å². The number of carbonyl (C=O) groups excluding carboxylic acids is 1. The van der Waals surface area contributed by atoms with Gasteiger partial charge in [0.15, 0.2) is 0 Å². The highest BCUT2D eigenvalue weighted by Gasteiger charge is 2.38. The number of nitro benzene ring substituents is 1. The summed E-state index contributed by atoms with van der Waals surface area (Å²) in [7, 11) is -3.10. The minimum absolute atomic E-state index is 0.119. The van der Waals surface area contributed by atoms with Gasteiger partial charge in [-0.15, -0.1) is 0 Å². The Balaban J connectivity index is 1.55. The lowest BCUT2D eigenvalue weighted by Crippen LogP contribution is -2.49. The van der Waals surface area contributed by atoms with Crippen LogP contribution in [-0.4, -0.2) is 66.9 Å². The molecule has 1 saturated heterocycles. The summed E-state index contributed by atoms with van der Waals surface area (Å²) in [6.07, 6.45) is 1.89. The largest absolute Gasteiger partial charge is 0.423 e. The van der Waals surface area contributed by atoms with Gasteiger partial charge in [-0.3, -0.25) is 14.9 Å². The molecule has 1 N–H and O–H groups in total. The van der Waals surface area contributed by atoms with Crippen LogP contribution in [-0.2, 0) is 21.0 Å². The second-order valence-electron chi connectivity index (χ2n) is 8.90. The first-order valence-corrected chi connectivity index (χ1v) is 13.9. The Bertz CT molecular complexity index is 980. The van der Waals surface area contributed by atoms with Crippen LogP contribution in [0.1, 0.15) is 63.9 Å². The number of benzene rings is 1. The molecular formula is C23H35F3N4O5S. The van der Waals surface area contributed by atoms with Crippen molar-refractivity contribution in [3.63, 3.8) is 0 Å². The predicted octanol–water partition coefficient (Wildman–Crippen LogP) is 4.64. The van der Waals surface area contributed by atoms with E-state index in [4.69, 9.17) is 0 Å². The second kappa shape index (κ2) is 13.9. The summed E-state index contributed by atoms with van der Waals surface area (Å²) in [5.74, 6) is -0.288. The molecule has 36 heavy (non-hydrogen) atoms. The maximum atomic E-state index is 13.0. The van der Waals surface area contributed by atoms with Crippen LogP contribution in [0.4, 0.5) is 24.5 Å². The summed E-state index contributed by atoms with van der Waals surface area (Å²) in [5.41, 5.74) is -2.56. The Hall–Kier alpha value is -2.25. The molecule has 13 heteroatoms. The fourth-order valence-electron chi connectivity index (χ4n) is 4.14. The highest BCUT2D eigenvalue weighted by Crippen LogP contribution is 2.37. The van der Waals surface area contributed by atoms with Crippen molar-refractivity contribution >= 4 is 27.3 Å². The van der Waals surface area contributed by atoms with Gasteiger partial charge in [0.05, 0.1) is 10.7 Å². The minimum atomic E-state index is -4.89. The van der Waals surface area contributed by atoms with E-state index in [9.17, 15) is 36.5 Å². The Morgan fingerprint density at radius 3 is 2.17 bits per heavy atom. The van der Waals surface area contributed by atoms with Crippen molar-refractivity contribution in [2.75, 3.05) is 43.8 Å². The molecule has 1 fully saturated rings. The average Bonchev–Trinajstić information content (AvgIpc) is 2.82. The van der Waals surface area contributed by atoms with Crippen molar-refractivity contribution in [3.05, 3.63) is 33.9 Å². The zero-order valence-electron chi connectivity index (χ0n) is 20.6. The molecule has 1 aromatic carbocycles. The van der Waals surface area contributed by atoms with Gasteiger partial charge in [0.1, 0.15) is 5.56 Å². The van der Waals surface area contributed by atoms with Gasteiger partial charge in [-0.05, 0) is 38.4 Å². The number of amides is 1. The van der Waals surface area contributed by atoms with E-state index < -0.39 is 38.3 Å². The standard InChI is InChI=1S/C23H35F3N4O5S/c1-2-36(34,35)29-16-14-28(15-17-29)13-9-7-5-3-4-6-8-10-22(31)27-19-11-12-21(30(32)33)20(18-19)23(24,25)26/h11-12,18H,2-10,13-17H2,1H3,(H,27,31). The van der Waals surface area contributed by atoms with Crippen molar-refractivity contribution in [1.82, 2.24) is 9.21 Å². The van der Waals surface area contributed by atoms with Crippen molar-refractivity contribution in [3.8, 4) is 0 Å². The van der Waals surface area contributed by atoms with E-state index in [0.717, 1.165) is 70.3 Å². The third-order valence-corrected chi connectivity index (χ3v) is 8.13. The number of nitrogens with zero attached hydrogens (tertiary/aromatic N) is 3. The second-order valence-corrected chi connectivity index (χ2v) is 11.2. The summed E-state index contributed by atoms with van der Waals surface area (Å²) >= 11 is 0. The van der Waals surface area contributed by atoms with Crippen molar-refractivity contribution < 1.29 is 31.3 Å². The number of nitrogens with one attached hydrogen (secondary N) is 1. The lowest BCUT2D eigenvalue weighted by atomic mass is 10.1. The number of sulfonamides is 1. The Labute approximate surface area is 210 Å². The number of halogens is 3. The summed E-state index contributed by atoms with van der Waals surface area (Å²) in [5, 5.41) is 13.2. The van der Waals surface area contributed by atoms with Crippen LogP contribution < -0.4 is 5.32 Å². The van der Waals surface area contributed by atoms with Crippen LogP contribution in [0, 0.1) is 10.1 Å². The van der Waals surface area contributed by atoms with E-state index in [1.54, 1.807) is 11.2 Å². The summed E-state index contributed by atoms with van der Waals surface area (Å²) in [4.78, 5) is 24.0. The quantitative estimate of drug-likeness (QED) is 0.211. The van der Waals surface area contributed by atoms with Crippen LogP contribution in [0.25, 0.3) is 0 Å². The third-order valence-electron chi connectivity index (χ3n) is 6.25. The van der Waals surface area contributed by atoms with Gasteiger partial charge in [0, 0.05) is 44.4 Å². The third kappa shape index (κ3) is 9.66. The number of hydrogen-bond acceptors (Lipinski definition) is 6. The SMILES string of the molecule is CCS(=O)(=O)N1CCN(CCCCCCCCCC(=O)Nc2ccc([N+](=O)[O-])c(C(F)(F)F)c2)CC1. The summed E-state index contributed by atoms with van der Waals surface area (Å²) in [6, 6.07) is 2.43. The monoisotopic (exact) mass is 536 g/mol. The fourth-order valence-corrected chi connectivity index (χ4v) is 5.23. The normalized spacial score (nSPS) is 15.7. The first kappa shape index (κ1) is 30.0. The molecule has 0 aromatic heterocycles. The lowest BCUT2D eigenvalue weighted by Gasteiger charge is -2.33. The molecule has 0 bridgehead atoms. The summed E-state index contributed by atoms with van der Waals surface area (Å²) < 4.78 is 64.5. The van der Waals surface area contributed by atoms with E-state index in [2.05, 4.69) is 10.2 Å². The van der Waals surface area contributed by atoms with Crippen LogP contribution in [0.15, 0.2) is 18.2 Å². The highest BCUT2D eigenvalue weighted by molar-refractivity contribution is 7.89. The predicted molar refractivity (Wildman–Crippen MR) is 131 cm³/mol. The summed E-state index contributed by atoms with van der Waals surface area (Å²) in [6.45, 7) is 5.25. The van der Waals surface area contributed by atoms with Crippen molar-refractivity contribution in [1.29, 1.82) is 0 Å². The molecular weight excluding hydrogens is 501 g/mol. The molecule has 1 heterocycles. The van der Waals surface area contributed by atoms with Gasteiger partial charge in [0.2, 0.25) is 15.9 Å². The number of carbonyl (C=O) groups is 1. The maximum absolute atomic E-state index is 13.0. The molecule has 0 unspecified atom stereocenters. The zero-order valence-corrected chi connectivity index (χ0v) is 21.4. The van der Waals surface area contributed by atoms with Crippen LogP contribution in [0.5, 0.6) is 0 Å². The van der Waals surface area contributed by atoms with Gasteiger partial charge in [-0.1, -0.05) is 32.1 Å². The molecule has 1 aliphatic rings. The number of alkyl halides is 3. The molecule has 0 atom stereocenters. The molecule has 1 aromatic rings. The number of rotatable bonds is 14. The van der Waals surface area contributed by atoms with E-state index in [-0.39, 0.29) is 17.9 Å². The highest BCUT2D eigenvalue weighted by atomic mass is 32.2. The van der Waals surface area contributed by atoms with Gasteiger partial charge in [-0.2, -0.15) is 17.5 Å². The first-order chi connectivity index (χ1) is 16.9. The number of hydrogen-bond donors (Lipinski definition) is 1. The fraction of sp³-hybridized carbons (Fsp3) is 0.696. The molecule has 1 amide bonds. The number of nitro groups is 1. The molecule has 2 rings (SSSR count). The van der Waals surface area contributed by atoms with Gasteiger partial charge >= 0.3 is 6.18 Å². The van der Waals surface area contributed by atoms with E-state index in [0.29, 0.717) is 25.6 Å². The maximum Gasteiger partial charge on any atom is 0.423 e. The van der Waals surface area contributed by atoms with Crippen molar-refractivity contribution in [2.24, 2.45) is 0 Å². The molecule has 0 saturated carbocycles. The van der Waals surface area contributed by atoms with Crippen molar-refractivity contribution in [2.45, 2.75) is 64.5 Å². The molecule has 9 nitrogen and oxygen atoms in total. The Morgan fingerprint density at radius 2 is 1.61 bits per heavy atom. The van der Waals surface area contributed by atoms with E-state index in [1.165, 1.54) is 0 Å². The Morgan fingerprint density at radius 1 is 1.03 bits per heavy atom. The zero-order chi connectivity index (χ0) is 26.8. The number of piperazine rings is 1. The topological polar surface area (TPSA) is 113 Å². The van der Waals surface area contributed by atoms with E-state index >= 15 is 0 Å². The molecule has 0 aliphatic carbocycles. The van der Waals surface area contributed by atoms with Gasteiger partial charge in [0.25, 0.3) is 5.69 Å². The average molecular weight is 537 g/mol. The number of unbranched alkanes of at least 4 members (excludes halogenated alkanes) is 6. The smallest absolute Gasteiger partial charge is 0.326 e. The molecule has 0 radical (unpaired) electrons. The first-order valence-electron chi connectivity index (χ1n) is 12.3. The molecule has 204 valence electrons. The number of anilines is 1. The Kier molecular flexibility index (Phi) is 11.6. The van der Waals surface area contributed by atoms with Gasteiger partial charge < -0.3 is 10.2 Å². The van der Waals surface area contributed by atoms with E-state index in [1.807, 2.05) is 0 Å².